The first-order valence-corrected chi connectivity index (χ1v) is 5.72. The van der Waals surface area contributed by atoms with Crippen molar-refractivity contribution in [3.63, 3.8) is 0 Å². The van der Waals surface area contributed by atoms with E-state index in [4.69, 9.17) is 17.3 Å². The summed E-state index contributed by atoms with van der Waals surface area (Å²) in [6, 6.07) is 1.52. The first-order chi connectivity index (χ1) is 8.00. The highest BCUT2D eigenvalue weighted by molar-refractivity contribution is 6.33. The van der Waals surface area contributed by atoms with Crippen LogP contribution in [0.15, 0.2) is 12.3 Å². The van der Waals surface area contributed by atoms with Crippen molar-refractivity contribution in [2.45, 2.75) is 6.42 Å². The number of nitrogen functional groups attached to an aromatic ring is 1. The van der Waals surface area contributed by atoms with Crippen LogP contribution in [0.2, 0.25) is 5.02 Å². The van der Waals surface area contributed by atoms with Gasteiger partial charge in [0.2, 0.25) is 0 Å². The molecule has 1 heterocycles. The van der Waals surface area contributed by atoms with E-state index >= 15 is 0 Å². The summed E-state index contributed by atoms with van der Waals surface area (Å²) >= 11 is 5.79. The molecule has 0 aromatic carbocycles. The van der Waals surface area contributed by atoms with E-state index in [0.717, 1.165) is 13.0 Å². The number of anilines is 1. The summed E-state index contributed by atoms with van der Waals surface area (Å²) in [5.41, 5.74) is 5.89. The molecule has 0 saturated carbocycles. The topological polar surface area (TPSA) is 71.2 Å². The zero-order valence-corrected chi connectivity index (χ0v) is 10.8. The van der Waals surface area contributed by atoms with E-state index < -0.39 is 0 Å². The fourth-order valence-electron chi connectivity index (χ4n) is 1.27. The maximum absolute atomic E-state index is 11.7. The molecule has 0 saturated heterocycles. The molecule has 1 aromatic rings. The number of carbonyl (C=O) groups excluding carboxylic acids is 1. The third kappa shape index (κ3) is 4.58. The van der Waals surface area contributed by atoms with Crippen LogP contribution in [0.1, 0.15) is 16.8 Å². The van der Waals surface area contributed by atoms with Crippen molar-refractivity contribution in [3.8, 4) is 0 Å². The lowest BCUT2D eigenvalue weighted by Crippen LogP contribution is -2.27. The standard InChI is InChI=1S/C11H17ClN4O/c1-16(2)5-3-4-14-11(17)8-6-9(12)10(13)15-7-8/h6-7H,3-5H2,1-2H3,(H2,13,15)(H,14,17). The fourth-order valence-corrected chi connectivity index (χ4v) is 1.44. The number of hydrogen-bond donors (Lipinski definition) is 2. The van der Waals surface area contributed by atoms with Crippen molar-refractivity contribution in [2.75, 3.05) is 32.9 Å². The van der Waals surface area contributed by atoms with E-state index in [-0.39, 0.29) is 11.7 Å². The smallest absolute Gasteiger partial charge is 0.252 e. The molecule has 0 aliphatic carbocycles. The number of rotatable bonds is 5. The lowest BCUT2D eigenvalue weighted by molar-refractivity contribution is 0.0952. The molecule has 1 rings (SSSR count). The van der Waals surface area contributed by atoms with Crippen molar-refractivity contribution in [1.82, 2.24) is 15.2 Å². The second kappa shape index (κ2) is 6.42. The Hall–Kier alpha value is -1.33. The van der Waals surface area contributed by atoms with Gasteiger partial charge in [-0.25, -0.2) is 4.98 Å². The number of aromatic nitrogens is 1. The number of hydrogen-bond acceptors (Lipinski definition) is 4. The third-order valence-electron chi connectivity index (χ3n) is 2.20. The van der Waals surface area contributed by atoms with E-state index in [1.807, 2.05) is 14.1 Å². The number of nitrogens with zero attached hydrogens (tertiary/aromatic N) is 2. The number of nitrogens with two attached hydrogens (primary N) is 1. The van der Waals surface area contributed by atoms with Crippen LogP contribution in [-0.4, -0.2) is 43.0 Å². The van der Waals surface area contributed by atoms with Crippen LogP contribution in [-0.2, 0) is 0 Å². The summed E-state index contributed by atoms with van der Waals surface area (Å²) in [5, 5.41) is 3.09. The molecule has 1 aromatic heterocycles. The molecule has 0 aliphatic rings. The van der Waals surface area contributed by atoms with Gasteiger partial charge in [-0.1, -0.05) is 11.6 Å². The molecule has 0 fully saturated rings. The molecular formula is C11H17ClN4O. The molecule has 3 N–H and O–H groups in total. The van der Waals surface area contributed by atoms with E-state index in [1.54, 1.807) is 0 Å². The average molecular weight is 257 g/mol. The van der Waals surface area contributed by atoms with Crippen LogP contribution in [0.4, 0.5) is 5.82 Å². The van der Waals surface area contributed by atoms with Crippen molar-refractivity contribution >= 4 is 23.3 Å². The van der Waals surface area contributed by atoms with Gasteiger partial charge in [0.15, 0.2) is 0 Å². The first kappa shape index (κ1) is 13.7. The van der Waals surface area contributed by atoms with Crippen LogP contribution in [0.25, 0.3) is 0 Å². The fraction of sp³-hybridized carbons (Fsp3) is 0.455. The molecule has 6 heteroatoms. The van der Waals surface area contributed by atoms with E-state index in [2.05, 4.69) is 15.2 Å². The lowest BCUT2D eigenvalue weighted by atomic mass is 10.2. The molecule has 94 valence electrons. The van der Waals surface area contributed by atoms with Gasteiger partial charge in [0.1, 0.15) is 5.82 Å². The van der Waals surface area contributed by atoms with Gasteiger partial charge in [-0.15, -0.1) is 0 Å². The maximum atomic E-state index is 11.7. The molecular weight excluding hydrogens is 240 g/mol. The highest BCUT2D eigenvalue weighted by Crippen LogP contribution is 2.16. The predicted molar refractivity (Wildman–Crippen MR) is 69.2 cm³/mol. The molecule has 0 unspecified atom stereocenters. The highest BCUT2D eigenvalue weighted by Gasteiger charge is 2.07. The summed E-state index contributed by atoms with van der Waals surface area (Å²) in [6.45, 7) is 1.56. The number of pyridine rings is 1. The van der Waals surface area contributed by atoms with Crippen molar-refractivity contribution in [3.05, 3.63) is 22.8 Å². The van der Waals surface area contributed by atoms with Crippen LogP contribution < -0.4 is 11.1 Å². The molecule has 0 aliphatic heterocycles. The Morgan fingerprint density at radius 2 is 2.29 bits per heavy atom. The third-order valence-corrected chi connectivity index (χ3v) is 2.50. The second-order valence-electron chi connectivity index (χ2n) is 4.00. The largest absolute Gasteiger partial charge is 0.382 e. The lowest BCUT2D eigenvalue weighted by Gasteiger charge is -2.10. The molecule has 0 atom stereocenters. The average Bonchev–Trinajstić information content (AvgIpc) is 2.27. The Labute approximate surface area is 106 Å². The van der Waals surface area contributed by atoms with Crippen molar-refractivity contribution < 1.29 is 4.79 Å². The predicted octanol–water partition coefficient (Wildman–Crippen LogP) is 0.999. The van der Waals surface area contributed by atoms with Gasteiger partial charge in [0.25, 0.3) is 5.91 Å². The molecule has 0 radical (unpaired) electrons. The minimum absolute atomic E-state index is 0.182. The SMILES string of the molecule is CN(C)CCCNC(=O)c1cnc(N)c(Cl)c1. The minimum atomic E-state index is -0.182. The summed E-state index contributed by atoms with van der Waals surface area (Å²) in [6.07, 6.45) is 2.32. The van der Waals surface area contributed by atoms with E-state index in [0.29, 0.717) is 17.1 Å². The van der Waals surface area contributed by atoms with Gasteiger partial charge in [0.05, 0.1) is 10.6 Å². The Morgan fingerprint density at radius 3 is 2.88 bits per heavy atom. The van der Waals surface area contributed by atoms with Crippen LogP contribution >= 0.6 is 11.6 Å². The monoisotopic (exact) mass is 256 g/mol. The van der Waals surface area contributed by atoms with E-state index in [1.165, 1.54) is 12.3 Å². The Kier molecular flexibility index (Phi) is 5.18. The van der Waals surface area contributed by atoms with Crippen LogP contribution in [0.5, 0.6) is 0 Å². The van der Waals surface area contributed by atoms with Crippen molar-refractivity contribution in [2.24, 2.45) is 0 Å². The van der Waals surface area contributed by atoms with Gasteiger partial charge < -0.3 is 16.0 Å². The van der Waals surface area contributed by atoms with Crippen LogP contribution in [0.3, 0.4) is 0 Å². The number of carbonyl (C=O) groups is 1. The number of nitrogens with one attached hydrogen (secondary N) is 1. The summed E-state index contributed by atoms with van der Waals surface area (Å²) in [7, 11) is 3.98. The highest BCUT2D eigenvalue weighted by atomic mass is 35.5. The molecule has 17 heavy (non-hydrogen) atoms. The normalized spacial score (nSPS) is 10.6. The number of halogens is 1. The zero-order chi connectivity index (χ0) is 12.8. The quantitative estimate of drug-likeness (QED) is 0.771. The molecule has 0 spiro atoms. The summed E-state index contributed by atoms with van der Waals surface area (Å²) in [5.74, 6) is 0.0500. The number of amides is 1. The summed E-state index contributed by atoms with van der Waals surface area (Å²) in [4.78, 5) is 17.6. The zero-order valence-electron chi connectivity index (χ0n) is 10.0. The van der Waals surface area contributed by atoms with Gasteiger partial charge in [-0.2, -0.15) is 0 Å². The van der Waals surface area contributed by atoms with Gasteiger partial charge in [-0.05, 0) is 33.1 Å². The molecule has 0 bridgehead atoms. The second-order valence-corrected chi connectivity index (χ2v) is 4.41. The van der Waals surface area contributed by atoms with Gasteiger partial charge in [0, 0.05) is 12.7 Å². The van der Waals surface area contributed by atoms with Crippen LogP contribution in [0, 0.1) is 0 Å². The molecule has 1 amide bonds. The Morgan fingerprint density at radius 1 is 1.59 bits per heavy atom. The molecule has 5 nitrogen and oxygen atoms in total. The minimum Gasteiger partial charge on any atom is -0.382 e. The maximum Gasteiger partial charge on any atom is 0.252 e. The first-order valence-electron chi connectivity index (χ1n) is 5.34. The Balaban J connectivity index is 2.44. The Bertz CT molecular complexity index is 395. The van der Waals surface area contributed by atoms with Gasteiger partial charge >= 0.3 is 0 Å². The van der Waals surface area contributed by atoms with Crippen molar-refractivity contribution in [1.29, 1.82) is 0 Å². The van der Waals surface area contributed by atoms with Gasteiger partial charge in [-0.3, -0.25) is 4.79 Å². The van der Waals surface area contributed by atoms with E-state index in [9.17, 15) is 4.79 Å². The summed E-state index contributed by atoms with van der Waals surface area (Å²) < 4.78 is 0.